The normalized spacial score (nSPS) is 11.5. The van der Waals surface area contributed by atoms with Gasteiger partial charge in [0.05, 0.1) is 12.2 Å². The van der Waals surface area contributed by atoms with Crippen molar-refractivity contribution in [1.29, 1.82) is 0 Å². The molecule has 0 N–H and O–H groups in total. The number of oxazole rings is 1. The lowest BCUT2D eigenvalue weighted by Crippen LogP contribution is -2.06. The lowest BCUT2D eigenvalue weighted by molar-refractivity contribution is -0.137. The maximum atomic E-state index is 12.5. The number of benzene rings is 1. The molecule has 0 bridgehead atoms. The molecule has 1 aromatic carbocycles. The van der Waals surface area contributed by atoms with Gasteiger partial charge in [0.2, 0.25) is 5.76 Å². The Kier molecular flexibility index (Phi) is 4.02. The Labute approximate surface area is 118 Å². The summed E-state index contributed by atoms with van der Waals surface area (Å²) >= 11 is 0. The molecule has 1 heterocycles. The van der Waals surface area contributed by atoms with Crippen LogP contribution in [0.1, 0.15) is 28.9 Å². The van der Waals surface area contributed by atoms with Crippen molar-refractivity contribution in [1.82, 2.24) is 4.98 Å². The van der Waals surface area contributed by atoms with Crippen LogP contribution >= 0.6 is 0 Å². The van der Waals surface area contributed by atoms with Crippen LogP contribution in [0.25, 0.3) is 11.3 Å². The van der Waals surface area contributed by atoms with E-state index in [1.54, 1.807) is 6.92 Å². The number of alkyl halides is 3. The molecule has 7 heteroatoms. The predicted octanol–water partition coefficient (Wildman–Crippen LogP) is 3.85. The molecule has 4 nitrogen and oxygen atoms in total. The van der Waals surface area contributed by atoms with Crippen molar-refractivity contribution in [3.63, 3.8) is 0 Å². The van der Waals surface area contributed by atoms with E-state index in [2.05, 4.69) is 4.98 Å². The van der Waals surface area contributed by atoms with E-state index in [9.17, 15) is 18.0 Å². The van der Waals surface area contributed by atoms with Gasteiger partial charge < -0.3 is 9.15 Å². The first-order valence-electron chi connectivity index (χ1n) is 6.15. The summed E-state index contributed by atoms with van der Waals surface area (Å²) in [5.74, 6) is -0.588. The summed E-state index contributed by atoms with van der Waals surface area (Å²) in [7, 11) is 0. The van der Waals surface area contributed by atoms with Crippen LogP contribution in [0, 0.1) is 6.92 Å². The second-order valence-electron chi connectivity index (χ2n) is 4.21. The highest BCUT2D eigenvalue weighted by Crippen LogP contribution is 2.31. The number of hydrogen-bond donors (Lipinski definition) is 0. The van der Waals surface area contributed by atoms with Crippen LogP contribution in [0.3, 0.4) is 0 Å². The topological polar surface area (TPSA) is 52.3 Å². The van der Waals surface area contributed by atoms with Gasteiger partial charge in [0, 0.05) is 12.5 Å². The van der Waals surface area contributed by atoms with Gasteiger partial charge in [0.25, 0.3) is 0 Å². The van der Waals surface area contributed by atoms with Crippen molar-refractivity contribution in [2.45, 2.75) is 20.0 Å². The van der Waals surface area contributed by atoms with Crippen molar-refractivity contribution in [3.8, 4) is 11.3 Å². The summed E-state index contributed by atoms with van der Waals surface area (Å²) in [6, 6.07) is 4.33. The Balaban J connectivity index is 2.40. The molecule has 0 amide bonds. The summed E-state index contributed by atoms with van der Waals surface area (Å²) in [5.41, 5.74) is -0.258. The molecule has 0 radical (unpaired) electrons. The second-order valence-corrected chi connectivity index (χ2v) is 4.21. The number of esters is 1. The van der Waals surface area contributed by atoms with E-state index in [0.29, 0.717) is 5.56 Å². The molecule has 0 saturated heterocycles. The largest absolute Gasteiger partial charge is 0.460 e. The molecular weight excluding hydrogens is 287 g/mol. The Morgan fingerprint density at radius 2 is 1.90 bits per heavy atom. The summed E-state index contributed by atoms with van der Waals surface area (Å²) < 4.78 is 47.6. The number of carbonyl (C=O) groups is 1. The van der Waals surface area contributed by atoms with Gasteiger partial charge in [-0.2, -0.15) is 13.2 Å². The molecule has 112 valence electrons. The Bertz CT molecular complexity index is 644. The molecule has 0 spiro atoms. The molecule has 21 heavy (non-hydrogen) atoms. The maximum Gasteiger partial charge on any atom is 0.416 e. The van der Waals surface area contributed by atoms with Gasteiger partial charge >= 0.3 is 12.1 Å². The third-order valence-corrected chi connectivity index (χ3v) is 2.68. The van der Waals surface area contributed by atoms with Crippen LogP contribution in [0.2, 0.25) is 0 Å². The zero-order valence-corrected chi connectivity index (χ0v) is 11.3. The highest BCUT2D eigenvalue weighted by atomic mass is 19.4. The molecule has 0 fully saturated rings. The number of rotatable bonds is 3. The van der Waals surface area contributed by atoms with Gasteiger partial charge in [0.1, 0.15) is 5.69 Å². The molecule has 0 unspecified atom stereocenters. The Morgan fingerprint density at radius 3 is 2.43 bits per heavy atom. The van der Waals surface area contributed by atoms with Crippen molar-refractivity contribution in [2.24, 2.45) is 0 Å². The third kappa shape index (κ3) is 3.24. The van der Waals surface area contributed by atoms with Gasteiger partial charge in [-0.3, -0.25) is 0 Å². The van der Waals surface area contributed by atoms with E-state index >= 15 is 0 Å². The van der Waals surface area contributed by atoms with Crippen LogP contribution in [-0.4, -0.2) is 17.6 Å². The third-order valence-electron chi connectivity index (χ3n) is 2.68. The lowest BCUT2D eigenvalue weighted by atomic mass is 10.1. The molecule has 2 rings (SSSR count). The van der Waals surface area contributed by atoms with Crippen LogP contribution in [0.5, 0.6) is 0 Å². The Hall–Kier alpha value is -2.31. The second kappa shape index (κ2) is 5.59. The monoisotopic (exact) mass is 299 g/mol. The zero-order valence-electron chi connectivity index (χ0n) is 11.3. The molecule has 1 aromatic heterocycles. The number of carbonyl (C=O) groups excluding carboxylic acids is 1. The van der Waals surface area contributed by atoms with E-state index < -0.39 is 17.7 Å². The van der Waals surface area contributed by atoms with Crippen molar-refractivity contribution in [2.75, 3.05) is 6.61 Å². The minimum absolute atomic E-state index is 0.117. The molecular formula is C14H12F3NO3. The standard InChI is InChI=1S/C14H12F3NO3/c1-3-20-13(19)12-11(18-8(2)21-12)9-4-6-10(7-5-9)14(15,16)17/h4-7H,3H2,1-2H3. The fraction of sp³-hybridized carbons (Fsp3) is 0.286. The summed E-state index contributed by atoms with van der Waals surface area (Å²) in [6.45, 7) is 3.33. The highest BCUT2D eigenvalue weighted by molar-refractivity contribution is 5.93. The number of ether oxygens (including phenoxy) is 1. The Morgan fingerprint density at radius 1 is 1.29 bits per heavy atom. The van der Waals surface area contributed by atoms with Gasteiger partial charge in [0.15, 0.2) is 5.89 Å². The molecule has 0 aliphatic rings. The smallest absolute Gasteiger partial charge is 0.416 e. The van der Waals surface area contributed by atoms with Gasteiger partial charge in [-0.1, -0.05) is 12.1 Å². The molecule has 0 atom stereocenters. The first-order chi connectivity index (χ1) is 9.82. The average molecular weight is 299 g/mol. The minimum Gasteiger partial charge on any atom is -0.460 e. The summed E-state index contributed by atoms with van der Waals surface area (Å²) in [6.07, 6.45) is -4.41. The fourth-order valence-electron chi connectivity index (χ4n) is 1.77. The first kappa shape index (κ1) is 15.1. The predicted molar refractivity (Wildman–Crippen MR) is 67.6 cm³/mol. The van der Waals surface area contributed by atoms with E-state index in [1.807, 2.05) is 0 Å². The van der Waals surface area contributed by atoms with Gasteiger partial charge in [-0.15, -0.1) is 0 Å². The number of halogens is 3. The van der Waals surface area contributed by atoms with Crippen LogP contribution in [-0.2, 0) is 10.9 Å². The van der Waals surface area contributed by atoms with Crippen LogP contribution < -0.4 is 0 Å². The van der Waals surface area contributed by atoms with Crippen molar-refractivity contribution < 1.29 is 27.1 Å². The molecule has 0 aliphatic heterocycles. The SMILES string of the molecule is CCOC(=O)c1oc(C)nc1-c1ccc(C(F)(F)F)cc1. The summed E-state index contributed by atoms with van der Waals surface area (Å²) in [4.78, 5) is 15.8. The van der Waals surface area contributed by atoms with Crippen molar-refractivity contribution >= 4 is 5.97 Å². The van der Waals surface area contributed by atoms with Gasteiger partial charge in [-0.05, 0) is 19.1 Å². The van der Waals surface area contributed by atoms with Gasteiger partial charge in [-0.25, -0.2) is 9.78 Å². The molecule has 0 aliphatic carbocycles. The first-order valence-corrected chi connectivity index (χ1v) is 6.15. The lowest BCUT2D eigenvalue weighted by Gasteiger charge is -2.07. The van der Waals surface area contributed by atoms with Crippen LogP contribution in [0.15, 0.2) is 28.7 Å². The molecule has 0 saturated carbocycles. The highest BCUT2D eigenvalue weighted by Gasteiger charge is 2.30. The number of hydrogen-bond acceptors (Lipinski definition) is 4. The quantitative estimate of drug-likeness (QED) is 0.808. The van der Waals surface area contributed by atoms with E-state index in [0.717, 1.165) is 12.1 Å². The zero-order chi connectivity index (χ0) is 15.6. The molecule has 2 aromatic rings. The van der Waals surface area contributed by atoms with E-state index in [1.165, 1.54) is 19.1 Å². The van der Waals surface area contributed by atoms with E-state index in [-0.39, 0.29) is 24.0 Å². The minimum atomic E-state index is -4.41. The van der Waals surface area contributed by atoms with E-state index in [4.69, 9.17) is 9.15 Å². The summed E-state index contributed by atoms with van der Waals surface area (Å²) in [5, 5.41) is 0. The number of aryl methyl sites for hydroxylation is 1. The maximum absolute atomic E-state index is 12.5. The fourth-order valence-corrected chi connectivity index (χ4v) is 1.77. The number of nitrogens with zero attached hydrogens (tertiary/aromatic N) is 1. The average Bonchev–Trinajstić information content (AvgIpc) is 2.80. The van der Waals surface area contributed by atoms with Crippen molar-refractivity contribution in [3.05, 3.63) is 41.5 Å². The number of aromatic nitrogens is 1. The van der Waals surface area contributed by atoms with Crippen LogP contribution in [0.4, 0.5) is 13.2 Å².